The number of carboxylic acid groups (broad SMARTS) is 1. The number of aliphatic hydroxyl groups excluding tert-OH is 1. The second kappa shape index (κ2) is 10.4. The van der Waals surface area contributed by atoms with E-state index < -0.39 is 5.97 Å². The van der Waals surface area contributed by atoms with Gasteiger partial charge in [0.15, 0.2) is 0 Å². The molecule has 0 aliphatic heterocycles. The van der Waals surface area contributed by atoms with Gasteiger partial charge in [0.2, 0.25) is 0 Å². The molecule has 4 N–H and O–H groups in total. The van der Waals surface area contributed by atoms with E-state index in [1.165, 1.54) is 38.5 Å². The van der Waals surface area contributed by atoms with Gasteiger partial charge in [-0.05, 0) is 104 Å². The molecular weight excluding hydrogens is 424 g/mol. The molecule has 4 fully saturated rings. The predicted molar refractivity (Wildman–Crippen MR) is 138 cm³/mol. The van der Waals surface area contributed by atoms with Gasteiger partial charge in [-0.1, -0.05) is 34.6 Å². The number of fused-ring (bicyclic) bond motifs is 5. The fourth-order valence-electron chi connectivity index (χ4n) is 9.65. The summed E-state index contributed by atoms with van der Waals surface area (Å²) in [6.45, 7) is 13.8. The maximum atomic E-state index is 11.5. The fourth-order valence-corrected chi connectivity index (χ4v) is 9.65. The second-order valence-corrected chi connectivity index (χ2v) is 13.5. The lowest BCUT2D eigenvalue weighted by atomic mass is 9.43. The number of hydrogen-bond acceptors (Lipinski definition) is 4. The third-order valence-electron chi connectivity index (χ3n) is 11.4. The Labute approximate surface area is 208 Å². The first-order valence-electron chi connectivity index (χ1n) is 14.4. The van der Waals surface area contributed by atoms with Crippen molar-refractivity contribution in [3.63, 3.8) is 0 Å². The van der Waals surface area contributed by atoms with E-state index in [0.29, 0.717) is 53.5 Å². The lowest BCUT2D eigenvalue weighted by Crippen LogP contribution is -2.59. The number of nitrogens with one attached hydrogen (secondary N) is 2. The molecule has 0 heterocycles. The average molecular weight is 477 g/mol. The Balaban J connectivity index is 1.41. The monoisotopic (exact) mass is 476 g/mol. The van der Waals surface area contributed by atoms with Crippen LogP contribution in [0.25, 0.3) is 0 Å². The molecular formula is C29H52N2O3. The molecule has 5 heteroatoms. The molecule has 0 aromatic carbocycles. The van der Waals surface area contributed by atoms with E-state index in [2.05, 4.69) is 45.3 Å². The highest BCUT2D eigenvalue weighted by Gasteiger charge is 2.62. The minimum atomic E-state index is -0.661. The molecule has 4 aliphatic rings. The standard InChI is InChI=1S/C29H52N2O3/c1-18(2)30-14-15-31-20-10-12-29(5)24-11-13-28(4)22(19(3)6-9-27(33)34)7-8-23(28)21(24)17-26(32)25(29)16-20/h18-26,30-32H,6-17H2,1-5H3,(H,33,34)/t19?,20?,21?,22-,23?,24?,25-,26-,28-,29-/m1/s1. The molecule has 5 unspecified atom stereocenters. The summed E-state index contributed by atoms with van der Waals surface area (Å²) in [7, 11) is 0. The molecule has 0 saturated heterocycles. The quantitative estimate of drug-likeness (QED) is 0.349. The maximum absolute atomic E-state index is 11.5. The molecule has 5 nitrogen and oxygen atoms in total. The zero-order valence-electron chi connectivity index (χ0n) is 22.5. The van der Waals surface area contributed by atoms with Crippen LogP contribution in [0.2, 0.25) is 0 Å². The van der Waals surface area contributed by atoms with E-state index >= 15 is 0 Å². The second-order valence-electron chi connectivity index (χ2n) is 13.5. The Hall–Kier alpha value is -0.650. The van der Waals surface area contributed by atoms with Crippen LogP contribution >= 0.6 is 0 Å². The van der Waals surface area contributed by atoms with Gasteiger partial charge in [-0.15, -0.1) is 0 Å². The van der Waals surface area contributed by atoms with Crippen molar-refractivity contribution in [2.75, 3.05) is 13.1 Å². The molecule has 4 saturated carbocycles. The van der Waals surface area contributed by atoms with Crippen molar-refractivity contribution in [1.29, 1.82) is 0 Å². The maximum Gasteiger partial charge on any atom is 0.303 e. The largest absolute Gasteiger partial charge is 0.481 e. The normalized spacial score (nSPS) is 44.9. The summed E-state index contributed by atoms with van der Waals surface area (Å²) in [6.07, 6.45) is 10.6. The Kier molecular flexibility index (Phi) is 8.06. The Morgan fingerprint density at radius 3 is 2.35 bits per heavy atom. The lowest BCUT2D eigenvalue weighted by molar-refractivity contribution is -0.162. The van der Waals surface area contributed by atoms with Crippen molar-refractivity contribution in [2.45, 2.75) is 117 Å². The SMILES string of the molecule is CC(C)NCCNC1CC[C@]2(C)C3CC[C@@]4(C)C(CC[C@@H]4C(C)CCC(=O)O)C3C[C@@H](O)[C@H]2C1. The fraction of sp³-hybridized carbons (Fsp3) is 0.966. The van der Waals surface area contributed by atoms with Gasteiger partial charge in [-0.25, -0.2) is 0 Å². The van der Waals surface area contributed by atoms with Crippen LogP contribution in [-0.2, 0) is 4.79 Å². The first-order valence-corrected chi connectivity index (χ1v) is 14.4. The van der Waals surface area contributed by atoms with Crippen LogP contribution in [0.5, 0.6) is 0 Å². The first kappa shape index (κ1) is 26.4. The molecule has 0 aromatic heterocycles. The molecule has 0 spiro atoms. The smallest absolute Gasteiger partial charge is 0.303 e. The van der Waals surface area contributed by atoms with E-state index in [-0.39, 0.29) is 11.5 Å². The zero-order chi connectivity index (χ0) is 24.7. The third kappa shape index (κ3) is 4.95. The van der Waals surface area contributed by atoms with Crippen LogP contribution in [0.4, 0.5) is 0 Å². The van der Waals surface area contributed by atoms with Crippen LogP contribution in [0.15, 0.2) is 0 Å². The Bertz CT molecular complexity index is 713. The topological polar surface area (TPSA) is 81.6 Å². The van der Waals surface area contributed by atoms with Crippen molar-refractivity contribution in [1.82, 2.24) is 10.6 Å². The zero-order valence-corrected chi connectivity index (χ0v) is 22.5. The molecule has 0 aromatic rings. The van der Waals surface area contributed by atoms with Gasteiger partial charge in [0.25, 0.3) is 0 Å². The van der Waals surface area contributed by atoms with Gasteiger partial charge in [0.05, 0.1) is 6.10 Å². The van der Waals surface area contributed by atoms with Crippen molar-refractivity contribution in [3.05, 3.63) is 0 Å². The predicted octanol–water partition coefficient (Wildman–Crippen LogP) is 5.07. The van der Waals surface area contributed by atoms with E-state index in [1.54, 1.807) is 0 Å². The number of carbonyl (C=O) groups is 1. The highest BCUT2D eigenvalue weighted by molar-refractivity contribution is 5.66. The molecule has 0 bridgehead atoms. The molecule has 10 atom stereocenters. The van der Waals surface area contributed by atoms with Crippen LogP contribution in [0.1, 0.15) is 98.8 Å². The van der Waals surface area contributed by atoms with Crippen LogP contribution in [-0.4, -0.2) is 47.5 Å². The summed E-state index contributed by atoms with van der Waals surface area (Å²) in [5.74, 6) is 2.97. The summed E-state index contributed by atoms with van der Waals surface area (Å²) in [5, 5.41) is 28.0. The van der Waals surface area contributed by atoms with E-state index in [9.17, 15) is 15.0 Å². The minimum Gasteiger partial charge on any atom is -0.481 e. The summed E-state index contributed by atoms with van der Waals surface area (Å²) in [5.41, 5.74) is 0.592. The van der Waals surface area contributed by atoms with Gasteiger partial charge in [0, 0.05) is 31.6 Å². The van der Waals surface area contributed by atoms with E-state index in [4.69, 9.17) is 0 Å². The van der Waals surface area contributed by atoms with Crippen LogP contribution in [0, 0.1) is 46.3 Å². The number of aliphatic hydroxyl groups is 1. The number of aliphatic carboxylic acids is 1. The van der Waals surface area contributed by atoms with Crippen molar-refractivity contribution in [3.8, 4) is 0 Å². The Morgan fingerprint density at radius 2 is 1.65 bits per heavy atom. The number of carboxylic acids is 1. The lowest BCUT2D eigenvalue weighted by Gasteiger charge is -2.62. The molecule has 196 valence electrons. The summed E-state index contributed by atoms with van der Waals surface area (Å²) in [6, 6.07) is 1.07. The van der Waals surface area contributed by atoms with Gasteiger partial charge in [-0.3, -0.25) is 4.79 Å². The molecule has 0 radical (unpaired) electrons. The summed E-state index contributed by atoms with van der Waals surface area (Å²) >= 11 is 0. The molecule has 4 rings (SSSR count). The van der Waals surface area contributed by atoms with Gasteiger partial charge in [-0.2, -0.15) is 0 Å². The average Bonchev–Trinajstić information content (AvgIpc) is 3.13. The first-order chi connectivity index (χ1) is 16.1. The molecule has 0 amide bonds. The van der Waals surface area contributed by atoms with Crippen molar-refractivity contribution in [2.24, 2.45) is 46.3 Å². The minimum absolute atomic E-state index is 0.171. The summed E-state index contributed by atoms with van der Waals surface area (Å²) in [4.78, 5) is 11.2. The highest BCUT2D eigenvalue weighted by Crippen LogP contribution is 2.68. The van der Waals surface area contributed by atoms with E-state index in [0.717, 1.165) is 38.3 Å². The number of hydrogen-bond donors (Lipinski definition) is 4. The molecule has 34 heavy (non-hydrogen) atoms. The van der Waals surface area contributed by atoms with Crippen molar-refractivity contribution >= 4 is 5.97 Å². The van der Waals surface area contributed by atoms with Crippen LogP contribution in [0.3, 0.4) is 0 Å². The number of rotatable bonds is 9. The summed E-state index contributed by atoms with van der Waals surface area (Å²) < 4.78 is 0. The van der Waals surface area contributed by atoms with Gasteiger partial charge in [0.1, 0.15) is 0 Å². The third-order valence-corrected chi connectivity index (χ3v) is 11.4. The Morgan fingerprint density at radius 1 is 0.941 bits per heavy atom. The molecule has 4 aliphatic carbocycles. The van der Waals surface area contributed by atoms with Crippen LogP contribution < -0.4 is 10.6 Å². The van der Waals surface area contributed by atoms with Gasteiger partial charge >= 0.3 is 5.97 Å². The van der Waals surface area contributed by atoms with Gasteiger partial charge < -0.3 is 20.8 Å². The van der Waals surface area contributed by atoms with E-state index in [1.807, 2.05) is 0 Å². The van der Waals surface area contributed by atoms with Crippen molar-refractivity contribution < 1.29 is 15.0 Å². The highest BCUT2D eigenvalue weighted by atomic mass is 16.4.